The minimum atomic E-state index is -4.20. The maximum Gasteiger partial charge on any atom is 0.271 e. The van der Waals surface area contributed by atoms with Crippen molar-refractivity contribution in [2.24, 2.45) is 5.10 Å². The predicted octanol–water partition coefficient (Wildman–Crippen LogP) is 4.19. The number of carbonyl (C=O) groups excluding carboxylic acids is 1. The van der Waals surface area contributed by atoms with Gasteiger partial charge in [0.1, 0.15) is 6.54 Å². The Kier molecular flexibility index (Phi) is 6.41. The molecule has 9 nitrogen and oxygen atoms in total. The molecule has 4 aromatic carbocycles. The summed E-state index contributed by atoms with van der Waals surface area (Å²) in [5, 5.41) is 17.6. The van der Waals surface area contributed by atoms with E-state index in [9.17, 15) is 23.3 Å². The summed E-state index contributed by atoms with van der Waals surface area (Å²) in [4.78, 5) is 23.4. The number of anilines is 1. The van der Waals surface area contributed by atoms with Crippen molar-refractivity contribution >= 4 is 44.3 Å². The van der Waals surface area contributed by atoms with Crippen LogP contribution in [0.25, 0.3) is 10.8 Å². The lowest BCUT2D eigenvalue weighted by Crippen LogP contribution is -2.39. The average molecular weight is 515 g/mol. The fraction of sp³-hybridized carbons (Fsp3) is 0.111. The third-order valence-electron chi connectivity index (χ3n) is 6.25. The normalized spacial score (nSPS) is 12.6. The van der Waals surface area contributed by atoms with E-state index in [0.29, 0.717) is 0 Å². The van der Waals surface area contributed by atoms with Crippen molar-refractivity contribution in [3.8, 4) is 0 Å². The van der Waals surface area contributed by atoms with Crippen molar-refractivity contribution in [1.29, 1.82) is 0 Å². The van der Waals surface area contributed by atoms with Gasteiger partial charge >= 0.3 is 0 Å². The van der Waals surface area contributed by atoms with Crippen molar-refractivity contribution in [1.82, 2.24) is 5.43 Å². The molecular weight excluding hydrogens is 492 g/mol. The molecule has 0 heterocycles. The Balaban J connectivity index is 1.41. The summed E-state index contributed by atoms with van der Waals surface area (Å²) in [7, 11) is -4.20. The van der Waals surface area contributed by atoms with Crippen LogP contribution in [0, 0.1) is 10.1 Å². The molecule has 4 aromatic rings. The minimum absolute atomic E-state index is 0.00955. The van der Waals surface area contributed by atoms with E-state index in [1.807, 2.05) is 18.2 Å². The lowest BCUT2D eigenvalue weighted by atomic mass is 10.0. The van der Waals surface area contributed by atoms with Gasteiger partial charge in [-0.3, -0.25) is 19.2 Å². The van der Waals surface area contributed by atoms with Crippen molar-refractivity contribution in [2.45, 2.75) is 17.7 Å². The second kappa shape index (κ2) is 9.82. The highest BCUT2D eigenvalue weighted by Gasteiger charge is 2.28. The molecule has 0 aromatic heterocycles. The number of benzene rings is 4. The first kappa shape index (κ1) is 24.1. The summed E-state index contributed by atoms with van der Waals surface area (Å²) in [6.45, 7) is -0.625. The highest BCUT2D eigenvalue weighted by Crippen LogP contribution is 2.32. The highest BCUT2D eigenvalue weighted by atomic mass is 32.2. The quantitative estimate of drug-likeness (QED) is 0.215. The lowest BCUT2D eigenvalue weighted by molar-refractivity contribution is -0.384. The standard InChI is InChI=1S/C27H22N4O5S/c32-26(29-28-17-21-15-14-20-13-12-19-6-4-11-25(21)27(19)20)18-30(22-7-5-8-23(16-22)31(33)34)37(35,36)24-9-2-1-3-10-24/h1-11,14-17H,12-13,18H2,(H,29,32)/b28-17-. The number of nitro benzene ring substituents is 1. The van der Waals surface area contributed by atoms with Gasteiger partial charge < -0.3 is 0 Å². The van der Waals surface area contributed by atoms with Gasteiger partial charge in [-0.15, -0.1) is 0 Å². The number of nitrogens with zero attached hydrogens (tertiary/aromatic N) is 3. The van der Waals surface area contributed by atoms with Crippen LogP contribution in [0.3, 0.4) is 0 Å². The van der Waals surface area contributed by atoms with Gasteiger partial charge in [-0.25, -0.2) is 13.8 Å². The summed E-state index contributed by atoms with van der Waals surface area (Å²) in [6.07, 6.45) is 3.52. The zero-order valence-corrected chi connectivity index (χ0v) is 20.4. The molecule has 1 aliphatic carbocycles. The number of sulfonamides is 1. The number of nitrogens with one attached hydrogen (secondary N) is 1. The van der Waals surface area contributed by atoms with E-state index in [4.69, 9.17) is 0 Å². The SMILES string of the molecule is O=C(CN(c1cccc([N+](=O)[O-])c1)S(=O)(=O)c1ccccc1)N/N=C\c1ccc2c3c(cccc13)CC2. The molecule has 1 N–H and O–H groups in total. The van der Waals surface area contributed by atoms with Crippen LogP contribution in [-0.4, -0.2) is 32.0 Å². The summed E-state index contributed by atoms with van der Waals surface area (Å²) in [6, 6.07) is 22.8. The molecule has 0 atom stereocenters. The van der Waals surface area contributed by atoms with Crippen molar-refractivity contribution in [3.63, 3.8) is 0 Å². The monoisotopic (exact) mass is 514 g/mol. The first-order valence-electron chi connectivity index (χ1n) is 11.5. The third kappa shape index (κ3) is 4.78. The Morgan fingerprint density at radius 2 is 1.70 bits per heavy atom. The first-order valence-corrected chi connectivity index (χ1v) is 13.0. The van der Waals surface area contributed by atoms with Crippen LogP contribution in [0.15, 0.2) is 94.9 Å². The van der Waals surface area contributed by atoms with Crippen LogP contribution in [0.2, 0.25) is 0 Å². The molecule has 0 fully saturated rings. The van der Waals surface area contributed by atoms with E-state index >= 15 is 0 Å². The van der Waals surface area contributed by atoms with Crippen LogP contribution in [-0.2, 0) is 27.7 Å². The molecule has 186 valence electrons. The number of amides is 1. The van der Waals surface area contributed by atoms with Crippen LogP contribution < -0.4 is 9.73 Å². The van der Waals surface area contributed by atoms with Crippen molar-refractivity contribution in [3.05, 3.63) is 112 Å². The summed E-state index contributed by atoms with van der Waals surface area (Å²) in [5.41, 5.74) is 5.48. The summed E-state index contributed by atoms with van der Waals surface area (Å²) < 4.78 is 27.6. The van der Waals surface area contributed by atoms with Gasteiger partial charge in [-0.05, 0) is 52.9 Å². The number of hydrazone groups is 1. The minimum Gasteiger partial charge on any atom is -0.271 e. The van der Waals surface area contributed by atoms with Gasteiger partial charge in [0.2, 0.25) is 0 Å². The number of carbonyl (C=O) groups is 1. The maximum atomic E-state index is 13.4. The molecular formula is C27H22N4O5S. The number of hydrogen-bond donors (Lipinski definition) is 1. The molecule has 1 amide bonds. The molecule has 5 rings (SSSR count). The van der Waals surface area contributed by atoms with Crippen LogP contribution in [0.5, 0.6) is 0 Å². The fourth-order valence-corrected chi connectivity index (χ4v) is 5.95. The molecule has 1 aliphatic rings. The largest absolute Gasteiger partial charge is 0.271 e. The predicted molar refractivity (Wildman–Crippen MR) is 141 cm³/mol. The van der Waals surface area contributed by atoms with E-state index in [-0.39, 0.29) is 16.3 Å². The number of aryl methyl sites for hydroxylation is 2. The Morgan fingerprint density at radius 1 is 0.973 bits per heavy atom. The second-order valence-electron chi connectivity index (χ2n) is 8.55. The van der Waals surface area contributed by atoms with E-state index in [1.165, 1.54) is 53.1 Å². The summed E-state index contributed by atoms with van der Waals surface area (Å²) >= 11 is 0. The molecule has 0 saturated carbocycles. The molecule has 10 heteroatoms. The average Bonchev–Trinajstić information content (AvgIpc) is 3.33. The Bertz CT molecular complexity index is 1640. The Labute approximate surface area is 213 Å². The van der Waals surface area contributed by atoms with Gasteiger partial charge in [0.15, 0.2) is 0 Å². The van der Waals surface area contributed by atoms with E-state index < -0.39 is 27.4 Å². The van der Waals surface area contributed by atoms with Crippen LogP contribution in [0.1, 0.15) is 16.7 Å². The number of hydrogen-bond acceptors (Lipinski definition) is 6. The van der Waals surface area contributed by atoms with Crippen LogP contribution in [0.4, 0.5) is 11.4 Å². The fourth-order valence-electron chi connectivity index (χ4n) is 4.52. The molecule has 0 radical (unpaired) electrons. The first-order chi connectivity index (χ1) is 17.8. The smallest absolute Gasteiger partial charge is 0.271 e. The van der Waals surface area contributed by atoms with E-state index in [2.05, 4.69) is 22.7 Å². The lowest BCUT2D eigenvalue weighted by Gasteiger charge is -2.23. The van der Waals surface area contributed by atoms with Gasteiger partial charge in [-0.1, -0.05) is 54.6 Å². The van der Waals surface area contributed by atoms with E-state index in [1.54, 1.807) is 18.2 Å². The van der Waals surface area contributed by atoms with Gasteiger partial charge in [-0.2, -0.15) is 5.10 Å². The number of rotatable bonds is 8. The number of nitro groups is 1. The maximum absolute atomic E-state index is 13.4. The Hall–Kier alpha value is -4.57. The molecule has 0 saturated heterocycles. The molecule has 37 heavy (non-hydrogen) atoms. The zero-order valence-electron chi connectivity index (χ0n) is 19.6. The van der Waals surface area contributed by atoms with Gasteiger partial charge in [0, 0.05) is 17.7 Å². The highest BCUT2D eigenvalue weighted by molar-refractivity contribution is 7.92. The molecule has 0 bridgehead atoms. The van der Waals surface area contributed by atoms with Crippen molar-refractivity contribution in [2.75, 3.05) is 10.8 Å². The topological polar surface area (TPSA) is 122 Å². The molecule has 0 aliphatic heterocycles. The third-order valence-corrected chi connectivity index (χ3v) is 8.04. The van der Waals surface area contributed by atoms with Crippen molar-refractivity contribution < 1.29 is 18.1 Å². The second-order valence-corrected chi connectivity index (χ2v) is 10.4. The summed E-state index contributed by atoms with van der Waals surface area (Å²) in [5.74, 6) is -0.701. The zero-order chi connectivity index (χ0) is 26.0. The van der Waals surface area contributed by atoms with E-state index in [0.717, 1.165) is 34.2 Å². The number of non-ortho nitro benzene ring substituents is 1. The van der Waals surface area contributed by atoms with Crippen LogP contribution >= 0.6 is 0 Å². The Morgan fingerprint density at radius 3 is 2.46 bits per heavy atom. The molecule has 0 unspecified atom stereocenters. The van der Waals surface area contributed by atoms with Gasteiger partial charge in [0.05, 0.1) is 21.7 Å². The van der Waals surface area contributed by atoms with Gasteiger partial charge in [0.25, 0.3) is 21.6 Å². The molecule has 0 spiro atoms.